The highest BCUT2D eigenvalue weighted by atomic mass is 16.3. The highest BCUT2D eigenvalue weighted by Crippen LogP contribution is 2.24. The Bertz CT molecular complexity index is 282. The van der Waals surface area contributed by atoms with Crippen molar-refractivity contribution < 1.29 is 9.21 Å². The summed E-state index contributed by atoms with van der Waals surface area (Å²) in [4.78, 5) is 10.5. The van der Waals surface area contributed by atoms with Crippen LogP contribution in [0.25, 0.3) is 0 Å². The SMILES string of the molecule is Cc1ccc(C2CC(=O)N2)o1. The van der Waals surface area contributed by atoms with Crippen LogP contribution in [0.15, 0.2) is 16.5 Å². The summed E-state index contributed by atoms with van der Waals surface area (Å²) >= 11 is 0. The van der Waals surface area contributed by atoms with Crippen LogP contribution in [-0.4, -0.2) is 5.91 Å². The predicted octanol–water partition coefficient (Wildman–Crippen LogP) is 1.15. The molecule has 1 unspecified atom stereocenters. The van der Waals surface area contributed by atoms with Gasteiger partial charge in [-0.3, -0.25) is 4.79 Å². The molecule has 2 heterocycles. The summed E-state index contributed by atoms with van der Waals surface area (Å²) in [6, 6.07) is 3.93. The van der Waals surface area contributed by atoms with Gasteiger partial charge in [0, 0.05) is 0 Å². The predicted molar refractivity (Wildman–Crippen MR) is 38.9 cm³/mol. The van der Waals surface area contributed by atoms with E-state index in [1.54, 1.807) is 0 Å². The third kappa shape index (κ3) is 1.02. The van der Waals surface area contributed by atoms with Crippen molar-refractivity contribution in [3.8, 4) is 0 Å². The summed E-state index contributed by atoms with van der Waals surface area (Å²) in [5, 5.41) is 2.74. The molecule has 1 N–H and O–H groups in total. The van der Waals surface area contributed by atoms with E-state index in [1.165, 1.54) is 0 Å². The lowest BCUT2D eigenvalue weighted by Crippen LogP contribution is -2.41. The monoisotopic (exact) mass is 151 g/mol. The van der Waals surface area contributed by atoms with E-state index in [0.29, 0.717) is 6.42 Å². The molecule has 11 heavy (non-hydrogen) atoms. The van der Waals surface area contributed by atoms with Gasteiger partial charge in [-0.05, 0) is 19.1 Å². The largest absolute Gasteiger partial charge is 0.464 e. The fourth-order valence-electron chi connectivity index (χ4n) is 1.17. The van der Waals surface area contributed by atoms with Gasteiger partial charge in [-0.1, -0.05) is 0 Å². The Labute approximate surface area is 64.4 Å². The zero-order chi connectivity index (χ0) is 7.84. The van der Waals surface area contributed by atoms with Gasteiger partial charge in [0.1, 0.15) is 11.5 Å². The maximum atomic E-state index is 10.5. The van der Waals surface area contributed by atoms with Crippen LogP contribution in [0, 0.1) is 6.92 Å². The van der Waals surface area contributed by atoms with Crippen molar-refractivity contribution in [2.75, 3.05) is 0 Å². The summed E-state index contributed by atoms with van der Waals surface area (Å²) in [6.07, 6.45) is 0.562. The summed E-state index contributed by atoms with van der Waals surface area (Å²) < 4.78 is 5.32. The molecule has 3 nitrogen and oxygen atoms in total. The van der Waals surface area contributed by atoms with Gasteiger partial charge in [0.15, 0.2) is 0 Å². The Morgan fingerprint density at radius 1 is 1.64 bits per heavy atom. The second kappa shape index (κ2) is 2.12. The van der Waals surface area contributed by atoms with Crippen molar-refractivity contribution in [2.24, 2.45) is 0 Å². The first kappa shape index (κ1) is 6.46. The molecule has 3 heteroatoms. The molecule has 0 aliphatic carbocycles. The van der Waals surface area contributed by atoms with E-state index in [1.807, 2.05) is 19.1 Å². The molecule has 0 aromatic carbocycles. The number of amides is 1. The van der Waals surface area contributed by atoms with E-state index < -0.39 is 0 Å². The number of carbonyl (C=O) groups excluding carboxylic acids is 1. The molecule has 1 aliphatic heterocycles. The Hall–Kier alpha value is -1.25. The van der Waals surface area contributed by atoms with Gasteiger partial charge in [0.2, 0.25) is 5.91 Å². The first-order chi connectivity index (χ1) is 5.25. The quantitative estimate of drug-likeness (QED) is 0.612. The van der Waals surface area contributed by atoms with Crippen molar-refractivity contribution >= 4 is 5.91 Å². The van der Waals surface area contributed by atoms with Gasteiger partial charge < -0.3 is 9.73 Å². The van der Waals surface area contributed by atoms with Gasteiger partial charge >= 0.3 is 0 Å². The van der Waals surface area contributed by atoms with Gasteiger partial charge in [0.05, 0.1) is 12.5 Å². The second-order valence-electron chi connectivity index (χ2n) is 2.77. The fourth-order valence-corrected chi connectivity index (χ4v) is 1.17. The fraction of sp³-hybridized carbons (Fsp3) is 0.375. The molecule has 0 saturated carbocycles. The normalized spacial score (nSPS) is 22.6. The van der Waals surface area contributed by atoms with Crippen LogP contribution in [0.2, 0.25) is 0 Å². The molecule has 1 aromatic heterocycles. The summed E-state index contributed by atoms with van der Waals surface area (Å²) in [6.45, 7) is 1.89. The third-order valence-electron chi connectivity index (χ3n) is 1.83. The maximum Gasteiger partial charge on any atom is 0.223 e. The first-order valence-corrected chi connectivity index (χ1v) is 3.61. The molecule has 1 saturated heterocycles. The lowest BCUT2D eigenvalue weighted by Gasteiger charge is -2.24. The van der Waals surface area contributed by atoms with Gasteiger partial charge in [-0.15, -0.1) is 0 Å². The highest BCUT2D eigenvalue weighted by molar-refractivity contribution is 5.83. The minimum Gasteiger partial charge on any atom is -0.464 e. The average molecular weight is 151 g/mol. The number of aryl methyl sites for hydroxylation is 1. The molecular formula is C8H9NO2. The molecule has 58 valence electrons. The van der Waals surface area contributed by atoms with E-state index in [0.717, 1.165) is 11.5 Å². The van der Waals surface area contributed by atoms with E-state index in [9.17, 15) is 4.79 Å². The van der Waals surface area contributed by atoms with Crippen LogP contribution >= 0.6 is 0 Å². The Balaban J connectivity index is 2.12. The van der Waals surface area contributed by atoms with Crippen LogP contribution in [0.4, 0.5) is 0 Å². The first-order valence-electron chi connectivity index (χ1n) is 3.61. The zero-order valence-electron chi connectivity index (χ0n) is 6.26. The molecular weight excluding hydrogens is 142 g/mol. The molecule has 1 amide bonds. The summed E-state index contributed by atoms with van der Waals surface area (Å²) in [5.74, 6) is 1.85. The van der Waals surface area contributed by atoms with E-state index in [-0.39, 0.29) is 11.9 Å². The topological polar surface area (TPSA) is 42.2 Å². The van der Waals surface area contributed by atoms with Crippen molar-refractivity contribution in [1.29, 1.82) is 0 Å². The van der Waals surface area contributed by atoms with E-state index in [2.05, 4.69) is 5.32 Å². The minimum atomic E-state index is 0.101. The number of nitrogens with one attached hydrogen (secondary N) is 1. The van der Waals surface area contributed by atoms with Gasteiger partial charge in [-0.2, -0.15) is 0 Å². The van der Waals surface area contributed by atoms with Crippen molar-refractivity contribution in [2.45, 2.75) is 19.4 Å². The van der Waals surface area contributed by atoms with Gasteiger partial charge in [0.25, 0.3) is 0 Å². The van der Waals surface area contributed by atoms with Crippen molar-refractivity contribution in [3.05, 3.63) is 23.7 Å². The third-order valence-corrected chi connectivity index (χ3v) is 1.83. The van der Waals surface area contributed by atoms with E-state index >= 15 is 0 Å². The number of rotatable bonds is 1. The highest BCUT2D eigenvalue weighted by Gasteiger charge is 2.28. The van der Waals surface area contributed by atoms with Crippen molar-refractivity contribution in [1.82, 2.24) is 5.32 Å². The van der Waals surface area contributed by atoms with Crippen LogP contribution in [0.1, 0.15) is 24.0 Å². The van der Waals surface area contributed by atoms with Crippen LogP contribution in [0.3, 0.4) is 0 Å². The molecule has 1 fully saturated rings. The number of hydrogen-bond donors (Lipinski definition) is 1. The Morgan fingerprint density at radius 3 is 2.82 bits per heavy atom. The number of furan rings is 1. The zero-order valence-corrected chi connectivity index (χ0v) is 6.26. The number of β-lactam (4-membered cyclic amide) rings is 1. The summed E-state index contributed by atoms with van der Waals surface area (Å²) in [7, 11) is 0. The molecule has 1 aromatic rings. The van der Waals surface area contributed by atoms with Crippen LogP contribution in [-0.2, 0) is 4.79 Å². The Kier molecular flexibility index (Phi) is 1.24. The minimum absolute atomic E-state index is 0.101. The smallest absolute Gasteiger partial charge is 0.223 e. The average Bonchev–Trinajstić information content (AvgIpc) is 2.29. The van der Waals surface area contributed by atoms with Crippen molar-refractivity contribution in [3.63, 3.8) is 0 Å². The van der Waals surface area contributed by atoms with E-state index in [4.69, 9.17) is 4.42 Å². The molecule has 1 atom stereocenters. The molecule has 0 radical (unpaired) electrons. The van der Waals surface area contributed by atoms with Gasteiger partial charge in [-0.25, -0.2) is 0 Å². The van der Waals surface area contributed by atoms with Crippen LogP contribution in [0.5, 0.6) is 0 Å². The maximum absolute atomic E-state index is 10.5. The lowest BCUT2D eigenvalue weighted by molar-refractivity contribution is -0.128. The van der Waals surface area contributed by atoms with Crippen LogP contribution < -0.4 is 5.32 Å². The molecule has 0 spiro atoms. The second-order valence-corrected chi connectivity index (χ2v) is 2.77. The Morgan fingerprint density at radius 2 is 2.36 bits per heavy atom. The standard InChI is InChI=1S/C8H9NO2/c1-5-2-3-7(11-5)6-4-8(10)9-6/h2-3,6H,4H2,1H3,(H,9,10). The number of carbonyl (C=O) groups is 1. The number of hydrogen-bond acceptors (Lipinski definition) is 2. The molecule has 1 aliphatic rings. The molecule has 0 bridgehead atoms. The molecule has 2 rings (SSSR count). The summed E-state index contributed by atoms with van der Waals surface area (Å²) in [5.41, 5.74) is 0. The lowest BCUT2D eigenvalue weighted by atomic mass is 10.0.